The van der Waals surface area contributed by atoms with E-state index >= 15 is 0 Å². The van der Waals surface area contributed by atoms with E-state index in [1.165, 1.54) is 0 Å². The van der Waals surface area contributed by atoms with E-state index in [1.807, 2.05) is 27.7 Å². The summed E-state index contributed by atoms with van der Waals surface area (Å²) in [6, 6.07) is 0. The minimum atomic E-state index is -0.769. The molecule has 0 bridgehead atoms. The van der Waals surface area contributed by atoms with E-state index in [2.05, 4.69) is 26.1 Å². The molecule has 0 rings (SSSR count). The molecule has 5 nitrogen and oxygen atoms in total. The van der Waals surface area contributed by atoms with Gasteiger partial charge in [-0.25, -0.2) is 0 Å². The summed E-state index contributed by atoms with van der Waals surface area (Å²) in [6.07, 6.45) is -0.0596. The number of nitrogens with one attached hydrogen (secondary N) is 1. The van der Waals surface area contributed by atoms with Gasteiger partial charge in [0, 0.05) is 13.1 Å². The Hall–Kier alpha value is -0.650. The van der Waals surface area contributed by atoms with Gasteiger partial charge in [0.05, 0.1) is 12.0 Å². The Morgan fingerprint density at radius 2 is 1.68 bits per heavy atom. The van der Waals surface area contributed by atoms with Gasteiger partial charge in [-0.1, -0.05) is 41.5 Å². The molecule has 0 aliphatic heterocycles. The van der Waals surface area contributed by atoms with Crippen LogP contribution in [0.5, 0.6) is 0 Å². The molecule has 132 valence electrons. The average Bonchev–Trinajstić information content (AvgIpc) is 2.32. The lowest BCUT2D eigenvalue weighted by molar-refractivity contribution is -0.167. The lowest BCUT2D eigenvalue weighted by Gasteiger charge is -2.43. The lowest BCUT2D eigenvalue weighted by atomic mass is 9.61. The van der Waals surface area contributed by atoms with Crippen LogP contribution in [-0.2, 0) is 9.53 Å². The van der Waals surface area contributed by atoms with Gasteiger partial charge < -0.3 is 20.3 Å². The topological polar surface area (TPSA) is 78.8 Å². The van der Waals surface area contributed by atoms with E-state index in [4.69, 9.17) is 9.84 Å². The minimum Gasteiger partial charge on any atom is -0.462 e. The normalized spacial score (nSPS) is 17.0. The Labute approximate surface area is 135 Å². The molecule has 0 saturated heterocycles. The summed E-state index contributed by atoms with van der Waals surface area (Å²) in [5.74, 6) is -0.267. The number of carbonyl (C=O) groups excluding carboxylic acids is 1. The van der Waals surface area contributed by atoms with Gasteiger partial charge in [0.1, 0.15) is 12.7 Å². The minimum absolute atomic E-state index is 0.00233. The smallest absolute Gasteiger partial charge is 0.312 e. The molecule has 0 amide bonds. The monoisotopic (exact) mass is 317 g/mol. The molecule has 0 aromatic rings. The SMILES string of the molecule is CC(C)(C)CC(C)(C(=O)OCC(O)CNCCO)C(C)(C)C. The second kappa shape index (κ2) is 8.27. The zero-order valence-electron chi connectivity index (χ0n) is 15.3. The van der Waals surface area contributed by atoms with Gasteiger partial charge in [0.2, 0.25) is 0 Å². The number of hydrogen-bond acceptors (Lipinski definition) is 5. The molecule has 2 unspecified atom stereocenters. The fourth-order valence-electron chi connectivity index (χ4n) is 2.44. The van der Waals surface area contributed by atoms with Gasteiger partial charge >= 0.3 is 5.97 Å². The Balaban J connectivity index is 4.73. The number of carbonyl (C=O) groups is 1. The van der Waals surface area contributed by atoms with Crippen molar-refractivity contribution in [1.82, 2.24) is 5.32 Å². The number of ether oxygens (including phenoxy) is 1. The van der Waals surface area contributed by atoms with E-state index in [1.54, 1.807) is 0 Å². The largest absolute Gasteiger partial charge is 0.462 e. The highest BCUT2D eigenvalue weighted by Crippen LogP contribution is 2.47. The van der Waals surface area contributed by atoms with Crippen LogP contribution in [0.1, 0.15) is 54.9 Å². The van der Waals surface area contributed by atoms with Crippen molar-refractivity contribution in [3.63, 3.8) is 0 Å². The predicted octanol–water partition coefficient (Wildman–Crippen LogP) is 1.96. The summed E-state index contributed by atoms with van der Waals surface area (Å²) in [7, 11) is 0. The maximum atomic E-state index is 12.6. The van der Waals surface area contributed by atoms with E-state index in [-0.39, 0.29) is 30.0 Å². The Morgan fingerprint density at radius 1 is 1.14 bits per heavy atom. The standard InChI is InChI=1S/C17H35NO4/c1-15(2,3)12-17(7,16(4,5)6)14(21)22-11-13(20)10-18-8-9-19/h13,18-20H,8-12H2,1-7H3. The quantitative estimate of drug-likeness (QED) is 0.471. The maximum absolute atomic E-state index is 12.6. The van der Waals surface area contributed by atoms with Crippen LogP contribution in [0.3, 0.4) is 0 Å². The first-order valence-electron chi connectivity index (χ1n) is 8.00. The van der Waals surface area contributed by atoms with Crippen LogP contribution in [0.2, 0.25) is 0 Å². The second-order valence-electron chi connectivity index (χ2n) is 8.50. The van der Waals surface area contributed by atoms with E-state index in [9.17, 15) is 9.90 Å². The molecule has 0 radical (unpaired) electrons. The van der Waals surface area contributed by atoms with E-state index in [0.717, 1.165) is 0 Å². The molecular formula is C17H35NO4. The predicted molar refractivity (Wildman–Crippen MR) is 88.6 cm³/mol. The third-order valence-electron chi connectivity index (χ3n) is 4.07. The van der Waals surface area contributed by atoms with Crippen molar-refractivity contribution < 1.29 is 19.7 Å². The van der Waals surface area contributed by atoms with Crippen LogP contribution in [0.15, 0.2) is 0 Å². The molecule has 22 heavy (non-hydrogen) atoms. The summed E-state index contributed by atoms with van der Waals surface area (Å²) in [6.45, 7) is 15.1. The number of rotatable bonds is 8. The number of esters is 1. The molecule has 0 aliphatic carbocycles. The molecule has 5 heteroatoms. The summed E-state index contributed by atoms with van der Waals surface area (Å²) in [4.78, 5) is 12.6. The van der Waals surface area contributed by atoms with Crippen molar-refractivity contribution >= 4 is 5.97 Å². The molecule has 0 fully saturated rings. The van der Waals surface area contributed by atoms with Gasteiger partial charge in [-0.05, 0) is 24.2 Å². The van der Waals surface area contributed by atoms with Gasteiger partial charge in [-0.15, -0.1) is 0 Å². The van der Waals surface area contributed by atoms with Crippen molar-refractivity contribution in [2.75, 3.05) is 26.3 Å². The Bertz CT molecular complexity index is 344. The molecule has 0 spiro atoms. The fraction of sp³-hybridized carbons (Fsp3) is 0.941. The van der Waals surface area contributed by atoms with Crippen LogP contribution < -0.4 is 5.32 Å². The van der Waals surface area contributed by atoms with Crippen molar-refractivity contribution in [2.24, 2.45) is 16.2 Å². The summed E-state index contributed by atoms with van der Waals surface area (Å²) < 4.78 is 5.38. The van der Waals surface area contributed by atoms with E-state index in [0.29, 0.717) is 19.5 Å². The molecule has 0 aromatic heterocycles. The van der Waals surface area contributed by atoms with E-state index < -0.39 is 11.5 Å². The van der Waals surface area contributed by atoms with Gasteiger partial charge in [0.15, 0.2) is 0 Å². The highest BCUT2D eigenvalue weighted by Gasteiger charge is 2.47. The molecule has 0 aromatic carbocycles. The lowest BCUT2D eigenvalue weighted by Crippen LogP contribution is -2.45. The van der Waals surface area contributed by atoms with Crippen LogP contribution in [0.4, 0.5) is 0 Å². The van der Waals surface area contributed by atoms with Crippen molar-refractivity contribution in [3.8, 4) is 0 Å². The molecule has 0 aliphatic rings. The van der Waals surface area contributed by atoms with Crippen molar-refractivity contribution in [3.05, 3.63) is 0 Å². The number of hydrogen-bond donors (Lipinski definition) is 3. The zero-order valence-corrected chi connectivity index (χ0v) is 15.3. The van der Waals surface area contributed by atoms with Crippen LogP contribution in [-0.4, -0.2) is 48.6 Å². The van der Waals surface area contributed by atoms with Gasteiger partial charge in [-0.2, -0.15) is 0 Å². The first-order valence-corrected chi connectivity index (χ1v) is 8.00. The molecule has 3 N–H and O–H groups in total. The summed E-state index contributed by atoms with van der Waals surface area (Å²) in [5, 5.41) is 21.4. The Morgan fingerprint density at radius 3 is 2.09 bits per heavy atom. The second-order valence-corrected chi connectivity index (χ2v) is 8.50. The first kappa shape index (κ1) is 21.4. The van der Waals surface area contributed by atoms with Gasteiger partial charge in [0.25, 0.3) is 0 Å². The Kier molecular flexibility index (Phi) is 8.03. The van der Waals surface area contributed by atoms with Crippen molar-refractivity contribution in [1.29, 1.82) is 0 Å². The maximum Gasteiger partial charge on any atom is 0.312 e. The third-order valence-corrected chi connectivity index (χ3v) is 4.07. The first-order chi connectivity index (χ1) is 9.83. The summed E-state index contributed by atoms with van der Waals surface area (Å²) in [5.41, 5.74) is -0.858. The number of aliphatic hydroxyl groups excluding tert-OH is 2. The number of aliphatic hydroxyl groups is 2. The highest BCUT2D eigenvalue weighted by molar-refractivity contribution is 5.77. The highest BCUT2D eigenvalue weighted by atomic mass is 16.5. The van der Waals surface area contributed by atoms with Crippen LogP contribution >= 0.6 is 0 Å². The fourth-order valence-corrected chi connectivity index (χ4v) is 2.44. The zero-order chi connectivity index (χ0) is 17.6. The molecule has 0 saturated carbocycles. The van der Waals surface area contributed by atoms with Crippen LogP contribution in [0.25, 0.3) is 0 Å². The van der Waals surface area contributed by atoms with Crippen molar-refractivity contribution in [2.45, 2.75) is 61.0 Å². The molecule has 0 heterocycles. The van der Waals surface area contributed by atoms with Gasteiger partial charge in [-0.3, -0.25) is 4.79 Å². The average molecular weight is 317 g/mol. The third kappa shape index (κ3) is 7.07. The van der Waals surface area contributed by atoms with Crippen LogP contribution in [0, 0.1) is 16.2 Å². The molecule has 2 atom stereocenters. The molecular weight excluding hydrogens is 282 g/mol. The summed E-state index contributed by atoms with van der Waals surface area (Å²) >= 11 is 0.